The number of benzene rings is 2. The van der Waals surface area contributed by atoms with Crippen LogP contribution in [-0.2, 0) is 9.30 Å². The van der Waals surface area contributed by atoms with Crippen molar-refractivity contribution in [1.29, 1.82) is 0 Å². The second-order valence-corrected chi connectivity index (χ2v) is 8.16. The number of carbonyl (C=O) groups excluding carboxylic acids is 1. The molecule has 0 radical (unpaired) electrons. The lowest BCUT2D eigenvalue weighted by Crippen LogP contribution is -2.18. The van der Waals surface area contributed by atoms with Gasteiger partial charge in [0.25, 0.3) is 0 Å². The SMILES string of the molecule is CN(C)c1ccc2c(c1)C(=O)OC2c1ccc(N(C)CP(=O)(O)O)cc1. The van der Waals surface area contributed by atoms with Crippen molar-refractivity contribution >= 4 is 24.9 Å². The van der Waals surface area contributed by atoms with Gasteiger partial charge in [-0.2, -0.15) is 0 Å². The van der Waals surface area contributed by atoms with E-state index in [1.54, 1.807) is 31.3 Å². The number of nitrogens with zero attached hydrogens (tertiary/aromatic N) is 2. The summed E-state index contributed by atoms with van der Waals surface area (Å²) in [6.07, 6.45) is -0.837. The molecule has 2 N–H and O–H groups in total. The summed E-state index contributed by atoms with van der Waals surface area (Å²) in [6.45, 7) is 0. The molecule has 2 aromatic carbocycles. The van der Waals surface area contributed by atoms with Crippen molar-refractivity contribution in [1.82, 2.24) is 0 Å². The highest BCUT2D eigenvalue weighted by Gasteiger charge is 2.32. The summed E-state index contributed by atoms with van der Waals surface area (Å²) in [4.78, 5) is 33.8. The average molecular weight is 376 g/mol. The number of ether oxygens (including phenoxy) is 1. The molecule has 7 nitrogen and oxygen atoms in total. The molecule has 0 saturated heterocycles. The number of fused-ring (bicyclic) bond motifs is 1. The third-order valence-corrected chi connectivity index (χ3v) is 5.11. The molecule has 1 aliphatic heterocycles. The number of anilines is 2. The lowest BCUT2D eigenvalue weighted by molar-refractivity contribution is 0.0456. The third kappa shape index (κ3) is 3.75. The molecule has 0 saturated carbocycles. The molecule has 26 heavy (non-hydrogen) atoms. The zero-order valence-electron chi connectivity index (χ0n) is 14.8. The van der Waals surface area contributed by atoms with Gasteiger partial charge in [-0.15, -0.1) is 0 Å². The van der Waals surface area contributed by atoms with Gasteiger partial charge >= 0.3 is 13.6 Å². The van der Waals surface area contributed by atoms with Crippen molar-refractivity contribution in [3.05, 3.63) is 59.2 Å². The second-order valence-electron chi connectivity index (χ2n) is 6.55. The van der Waals surface area contributed by atoms with E-state index in [-0.39, 0.29) is 12.3 Å². The monoisotopic (exact) mass is 376 g/mol. The quantitative estimate of drug-likeness (QED) is 0.612. The molecule has 0 amide bonds. The van der Waals surface area contributed by atoms with Crippen molar-refractivity contribution in [3.8, 4) is 0 Å². The zero-order chi connectivity index (χ0) is 19.1. The lowest BCUT2D eigenvalue weighted by atomic mass is 9.98. The van der Waals surface area contributed by atoms with E-state index < -0.39 is 13.7 Å². The van der Waals surface area contributed by atoms with Crippen molar-refractivity contribution in [2.75, 3.05) is 37.2 Å². The first kappa shape index (κ1) is 18.5. The van der Waals surface area contributed by atoms with Crippen LogP contribution in [0.1, 0.15) is 27.6 Å². The lowest BCUT2D eigenvalue weighted by Gasteiger charge is -2.20. The number of esters is 1. The molecule has 1 atom stereocenters. The van der Waals surface area contributed by atoms with Crippen LogP contribution in [0.5, 0.6) is 0 Å². The van der Waals surface area contributed by atoms with E-state index in [0.717, 1.165) is 16.8 Å². The highest BCUT2D eigenvalue weighted by molar-refractivity contribution is 7.51. The minimum atomic E-state index is -4.13. The maximum atomic E-state index is 12.2. The second kappa shape index (κ2) is 6.76. The Labute approximate surface area is 152 Å². The summed E-state index contributed by atoms with van der Waals surface area (Å²) >= 11 is 0. The Morgan fingerprint density at radius 3 is 2.23 bits per heavy atom. The molecular formula is C18H21N2O5P. The van der Waals surface area contributed by atoms with E-state index >= 15 is 0 Å². The van der Waals surface area contributed by atoms with Crippen molar-refractivity contribution in [3.63, 3.8) is 0 Å². The normalized spacial score (nSPS) is 16.2. The van der Waals surface area contributed by atoms with Crippen LogP contribution in [0.2, 0.25) is 0 Å². The van der Waals surface area contributed by atoms with Crippen LogP contribution in [0.4, 0.5) is 11.4 Å². The zero-order valence-corrected chi connectivity index (χ0v) is 15.7. The summed E-state index contributed by atoms with van der Waals surface area (Å²) < 4.78 is 16.7. The molecule has 0 fully saturated rings. The van der Waals surface area contributed by atoms with Gasteiger partial charge in [-0.3, -0.25) is 4.57 Å². The van der Waals surface area contributed by atoms with Gasteiger partial charge in [0.1, 0.15) is 6.29 Å². The molecule has 0 aliphatic carbocycles. The Kier molecular flexibility index (Phi) is 4.80. The van der Waals surface area contributed by atoms with Crippen LogP contribution in [0.15, 0.2) is 42.5 Å². The molecule has 3 rings (SSSR count). The molecule has 1 heterocycles. The fourth-order valence-corrected chi connectivity index (χ4v) is 3.69. The molecule has 0 spiro atoms. The maximum absolute atomic E-state index is 12.2. The van der Waals surface area contributed by atoms with Crippen LogP contribution in [0, 0.1) is 0 Å². The van der Waals surface area contributed by atoms with E-state index in [2.05, 4.69) is 0 Å². The van der Waals surface area contributed by atoms with Crippen molar-refractivity contribution in [2.45, 2.75) is 6.10 Å². The van der Waals surface area contributed by atoms with Crippen LogP contribution < -0.4 is 9.80 Å². The standard InChI is InChI=1S/C18H21N2O5P/c1-19(2)14-8-9-15-16(10-14)18(21)25-17(15)12-4-6-13(7-5-12)20(3)11-26(22,23)24/h4-10,17H,11H2,1-3H3,(H2,22,23,24). The first-order valence-corrected chi connectivity index (χ1v) is 9.83. The van der Waals surface area contributed by atoms with Gasteiger partial charge in [-0.25, -0.2) is 4.79 Å². The van der Waals surface area contributed by atoms with E-state index in [9.17, 15) is 9.36 Å². The summed E-state index contributed by atoms with van der Waals surface area (Å²) in [5, 5.41) is 0. The first-order chi connectivity index (χ1) is 12.2. The molecule has 0 bridgehead atoms. The summed E-state index contributed by atoms with van der Waals surface area (Å²) in [7, 11) is 1.30. The fourth-order valence-electron chi connectivity index (χ4n) is 2.97. The minimum absolute atomic E-state index is 0.351. The topological polar surface area (TPSA) is 90.3 Å². The average Bonchev–Trinajstić information content (AvgIpc) is 2.90. The van der Waals surface area contributed by atoms with Crippen molar-refractivity contribution < 1.29 is 23.9 Å². The summed E-state index contributed by atoms with van der Waals surface area (Å²) in [5.41, 5.74) is 3.78. The van der Waals surface area contributed by atoms with E-state index in [4.69, 9.17) is 14.5 Å². The fraction of sp³-hybridized carbons (Fsp3) is 0.278. The first-order valence-electron chi connectivity index (χ1n) is 8.03. The molecule has 8 heteroatoms. The predicted octanol–water partition coefficient (Wildman–Crippen LogP) is 2.58. The van der Waals surface area contributed by atoms with Gasteiger partial charge in [-0.05, 0) is 29.8 Å². The van der Waals surface area contributed by atoms with Gasteiger partial charge in [0.2, 0.25) is 0 Å². The Morgan fingerprint density at radius 1 is 1.04 bits per heavy atom. The van der Waals surface area contributed by atoms with Crippen LogP contribution in [-0.4, -0.2) is 43.2 Å². The van der Waals surface area contributed by atoms with Gasteiger partial charge < -0.3 is 24.3 Å². The van der Waals surface area contributed by atoms with Crippen LogP contribution >= 0.6 is 7.60 Å². The third-order valence-electron chi connectivity index (χ3n) is 4.31. The van der Waals surface area contributed by atoms with E-state index in [1.165, 1.54) is 4.90 Å². The van der Waals surface area contributed by atoms with Crippen LogP contribution in [0.25, 0.3) is 0 Å². The molecule has 138 valence electrons. The smallest absolute Gasteiger partial charge is 0.344 e. The van der Waals surface area contributed by atoms with E-state index in [0.29, 0.717) is 11.3 Å². The molecular weight excluding hydrogens is 355 g/mol. The minimum Gasteiger partial charge on any atom is -0.449 e. The maximum Gasteiger partial charge on any atom is 0.344 e. The van der Waals surface area contributed by atoms with Gasteiger partial charge in [0.05, 0.1) is 5.56 Å². The predicted molar refractivity (Wildman–Crippen MR) is 99.8 cm³/mol. The number of rotatable bonds is 5. The van der Waals surface area contributed by atoms with E-state index in [1.807, 2.05) is 37.2 Å². The van der Waals surface area contributed by atoms with Crippen molar-refractivity contribution in [2.24, 2.45) is 0 Å². The molecule has 1 unspecified atom stereocenters. The van der Waals surface area contributed by atoms with Gasteiger partial charge in [0, 0.05) is 38.1 Å². The highest BCUT2D eigenvalue weighted by Crippen LogP contribution is 2.39. The highest BCUT2D eigenvalue weighted by atomic mass is 31.2. The number of hydrogen-bond acceptors (Lipinski definition) is 5. The molecule has 2 aromatic rings. The summed E-state index contributed by atoms with van der Waals surface area (Å²) in [6, 6.07) is 12.8. The van der Waals surface area contributed by atoms with Gasteiger partial charge in [0.15, 0.2) is 6.10 Å². The molecule has 0 aromatic heterocycles. The Balaban J connectivity index is 1.86. The van der Waals surface area contributed by atoms with Gasteiger partial charge in [-0.1, -0.05) is 18.2 Å². The molecule has 1 aliphatic rings. The largest absolute Gasteiger partial charge is 0.449 e. The number of carbonyl (C=O) groups is 1. The Bertz CT molecular complexity index is 876. The van der Waals surface area contributed by atoms with Crippen LogP contribution in [0.3, 0.4) is 0 Å². The Hall–Kier alpha value is -2.34. The Morgan fingerprint density at radius 2 is 1.65 bits per heavy atom. The summed E-state index contributed by atoms with van der Waals surface area (Å²) in [5.74, 6) is -0.351. The number of hydrogen-bond donors (Lipinski definition) is 2. The number of cyclic esters (lactones) is 1.